The van der Waals surface area contributed by atoms with Crippen LogP contribution in [-0.4, -0.2) is 7.11 Å². The summed E-state index contributed by atoms with van der Waals surface area (Å²) in [5, 5.41) is 0. The van der Waals surface area contributed by atoms with Crippen molar-refractivity contribution in [1.29, 1.82) is 0 Å². The lowest BCUT2D eigenvalue weighted by Gasteiger charge is -2.11. The van der Waals surface area contributed by atoms with Crippen LogP contribution in [0.25, 0.3) is 0 Å². The van der Waals surface area contributed by atoms with E-state index in [1.165, 1.54) is 6.08 Å². The third-order valence-corrected chi connectivity index (χ3v) is 1.78. The zero-order valence-electron chi connectivity index (χ0n) is 7.41. The van der Waals surface area contributed by atoms with Crippen LogP contribution in [0.15, 0.2) is 36.7 Å². The summed E-state index contributed by atoms with van der Waals surface area (Å²) >= 11 is 0. The molecule has 1 unspecified atom stereocenters. The van der Waals surface area contributed by atoms with E-state index in [4.69, 9.17) is 10.5 Å². The lowest BCUT2D eigenvalue weighted by Crippen LogP contribution is -2.08. The zero-order valence-corrected chi connectivity index (χ0v) is 7.41. The molecule has 3 heteroatoms. The predicted octanol–water partition coefficient (Wildman–Crippen LogP) is 2.18. The van der Waals surface area contributed by atoms with Crippen molar-refractivity contribution in [2.75, 3.05) is 7.11 Å². The molecule has 0 aliphatic rings. The van der Waals surface area contributed by atoms with Crippen LogP contribution in [0, 0.1) is 0 Å². The van der Waals surface area contributed by atoms with E-state index in [-0.39, 0.29) is 0 Å². The number of methoxy groups -OCH3 is 1. The first-order chi connectivity index (χ1) is 6.29. The van der Waals surface area contributed by atoms with Gasteiger partial charge in [-0.1, -0.05) is 18.2 Å². The average molecular weight is 181 g/mol. The zero-order chi connectivity index (χ0) is 9.68. The molecule has 0 bridgehead atoms. The Hall–Kier alpha value is -1.35. The summed E-state index contributed by atoms with van der Waals surface area (Å²) in [5.41, 5.74) is 6.45. The summed E-state index contributed by atoms with van der Waals surface area (Å²) in [5.74, 6) is 0.674. The lowest BCUT2D eigenvalue weighted by atomic mass is 10.1. The first-order valence-corrected chi connectivity index (χ1v) is 3.95. The lowest BCUT2D eigenvalue weighted by molar-refractivity contribution is 0.408. The minimum Gasteiger partial charge on any atom is -0.496 e. The maximum Gasteiger partial charge on any atom is 0.123 e. The van der Waals surface area contributed by atoms with Crippen LogP contribution in [0.5, 0.6) is 5.75 Å². The smallest absolute Gasteiger partial charge is 0.123 e. The molecule has 2 N–H and O–H groups in total. The first kappa shape index (κ1) is 9.74. The quantitative estimate of drug-likeness (QED) is 0.775. The second-order valence-electron chi connectivity index (χ2n) is 2.59. The van der Waals surface area contributed by atoms with Crippen molar-refractivity contribution in [3.63, 3.8) is 0 Å². The molecular weight excluding hydrogens is 169 g/mol. The van der Waals surface area contributed by atoms with Crippen molar-refractivity contribution < 1.29 is 9.13 Å². The fourth-order valence-electron chi connectivity index (χ4n) is 1.12. The van der Waals surface area contributed by atoms with Gasteiger partial charge < -0.3 is 10.5 Å². The number of hydrogen-bond donors (Lipinski definition) is 1. The summed E-state index contributed by atoms with van der Waals surface area (Å²) in [7, 11) is 1.56. The van der Waals surface area contributed by atoms with Crippen LogP contribution in [0.1, 0.15) is 11.6 Å². The molecule has 0 radical (unpaired) electrons. The second-order valence-corrected chi connectivity index (χ2v) is 2.59. The van der Waals surface area contributed by atoms with Gasteiger partial charge in [0.2, 0.25) is 0 Å². The van der Waals surface area contributed by atoms with Crippen LogP contribution in [0.3, 0.4) is 0 Å². The summed E-state index contributed by atoms with van der Waals surface area (Å²) < 4.78 is 16.9. The van der Waals surface area contributed by atoms with Gasteiger partial charge in [0.25, 0.3) is 0 Å². The van der Waals surface area contributed by atoms with Gasteiger partial charge in [-0.25, -0.2) is 4.39 Å². The number of para-hydroxylation sites is 1. The molecule has 0 spiro atoms. The molecule has 0 aromatic heterocycles. The Bertz CT molecular complexity index is 299. The van der Waals surface area contributed by atoms with E-state index in [1.54, 1.807) is 13.2 Å². The Morgan fingerprint density at radius 3 is 2.77 bits per heavy atom. The van der Waals surface area contributed by atoms with Gasteiger partial charge in [0.15, 0.2) is 0 Å². The monoisotopic (exact) mass is 181 g/mol. The Balaban J connectivity index is 2.98. The van der Waals surface area contributed by atoms with E-state index in [1.807, 2.05) is 18.2 Å². The molecule has 2 nitrogen and oxygen atoms in total. The number of halogens is 1. The summed E-state index contributed by atoms with van der Waals surface area (Å²) in [6, 6.07) is 6.82. The largest absolute Gasteiger partial charge is 0.496 e. The van der Waals surface area contributed by atoms with E-state index < -0.39 is 6.04 Å². The van der Waals surface area contributed by atoms with Crippen molar-refractivity contribution in [3.8, 4) is 5.75 Å². The highest BCUT2D eigenvalue weighted by Crippen LogP contribution is 2.23. The summed E-state index contributed by atoms with van der Waals surface area (Å²) in [4.78, 5) is 0. The standard InChI is InChI=1S/C10H12FNO/c1-13-10-5-3-2-4-8(10)9(12)6-7-11/h2-7,9H,12H2,1H3/b7-6+. The van der Waals surface area contributed by atoms with Crippen LogP contribution < -0.4 is 10.5 Å². The van der Waals surface area contributed by atoms with Gasteiger partial charge in [0.05, 0.1) is 19.5 Å². The van der Waals surface area contributed by atoms with Gasteiger partial charge in [-0.3, -0.25) is 0 Å². The Kier molecular flexibility index (Phi) is 3.46. The number of nitrogens with two attached hydrogens (primary N) is 1. The van der Waals surface area contributed by atoms with Crippen molar-refractivity contribution in [2.24, 2.45) is 5.73 Å². The number of rotatable bonds is 3. The molecule has 0 aliphatic carbocycles. The van der Waals surface area contributed by atoms with Gasteiger partial charge in [0.1, 0.15) is 5.75 Å². The van der Waals surface area contributed by atoms with Crippen molar-refractivity contribution in [3.05, 3.63) is 42.2 Å². The molecule has 0 saturated carbocycles. The molecule has 1 aromatic carbocycles. The molecule has 0 saturated heterocycles. The van der Waals surface area contributed by atoms with Crippen LogP contribution in [0.2, 0.25) is 0 Å². The molecule has 1 rings (SSSR count). The Morgan fingerprint density at radius 2 is 2.15 bits per heavy atom. The summed E-state index contributed by atoms with van der Waals surface area (Å²) in [6.07, 6.45) is 1.72. The van der Waals surface area contributed by atoms with Gasteiger partial charge in [0, 0.05) is 5.56 Å². The van der Waals surface area contributed by atoms with Crippen LogP contribution in [0.4, 0.5) is 4.39 Å². The molecule has 0 amide bonds. The molecule has 70 valence electrons. The highest BCUT2D eigenvalue weighted by molar-refractivity contribution is 5.37. The van der Waals surface area contributed by atoms with Gasteiger partial charge in [-0.05, 0) is 12.1 Å². The van der Waals surface area contributed by atoms with Gasteiger partial charge in [-0.2, -0.15) is 0 Å². The van der Waals surface area contributed by atoms with Gasteiger partial charge >= 0.3 is 0 Å². The molecule has 1 aromatic rings. The first-order valence-electron chi connectivity index (χ1n) is 3.95. The third-order valence-electron chi connectivity index (χ3n) is 1.78. The fourth-order valence-corrected chi connectivity index (χ4v) is 1.12. The van der Waals surface area contributed by atoms with Crippen molar-refractivity contribution >= 4 is 0 Å². The van der Waals surface area contributed by atoms with Crippen LogP contribution >= 0.6 is 0 Å². The molecule has 13 heavy (non-hydrogen) atoms. The minimum absolute atomic E-state index is 0.442. The number of benzene rings is 1. The van der Waals surface area contributed by atoms with E-state index in [0.717, 1.165) is 5.56 Å². The average Bonchev–Trinajstić information content (AvgIpc) is 2.18. The van der Waals surface area contributed by atoms with Crippen LogP contribution in [-0.2, 0) is 0 Å². The number of ether oxygens (including phenoxy) is 1. The highest BCUT2D eigenvalue weighted by atomic mass is 19.1. The van der Waals surface area contributed by atoms with Crippen molar-refractivity contribution in [1.82, 2.24) is 0 Å². The fraction of sp³-hybridized carbons (Fsp3) is 0.200. The predicted molar refractivity (Wildman–Crippen MR) is 50.2 cm³/mol. The maximum atomic E-state index is 11.9. The highest BCUT2D eigenvalue weighted by Gasteiger charge is 2.07. The summed E-state index contributed by atoms with van der Waals surface area (Å²) in [6.45, 7) is 0. The van der Waals surface area contributed by atoms with E-state index >= 15 is 0 Å². The normalized spacial score (nSPS) is 13.2. The third kappa shape index (κ3) is 2.29. The van der Waals surface area contributed by atoms with Crippen molar-refractivity contribution in [2.45, 2.75) is 6.04 Å². The molecule has 0 fully saturated rings. The molecule has 0 heterocycles. The van der Waals surface area contributed by atoms with Gasteiger partial charge in [-0.15, -0.1) is 0 Å². The Morgan fingerprint density at radius 1 is 1.46 bits per heavy atom. The minimum atomic E-state index is -0.457. The molecule has 1 atom stereocenters. The number of hydrogen-bond acceptors (Lipinski definition) is 2. The SMILES string of the molecule is COc1ccccc1C(N)/C=C/F. The Labute approximate surface area is 76.8 Å². The maximum absolute atomic E-state index is 11.9. The van der Waals surface area contributed by atoms with E-state index in [9.17, 15) is 4.39 Å². The topological polar surface area (TPSA) is 35.2 Å². The van der Waals surface area contributed by atoms with E-state index in [0.29, 0.717) is 12.1 Å². The van der Waals surface area contributed by atoms with E-state index in [2.05, 4.69) is 0 Å². The molecule has 0 aliphatic heterocycles. The second kappa shape index (κ2) is 4.62. The molecular formula is C10H12FNO.